The highest BCUT2D eigenvalue weighted by molar-refractivity contribution is 6.16. The fourth-order valence-corrected chi connectivity index (χ4v) is 2.43. The molecule has 3 nitrogen and oxygen atoms in total. The minimum atomic E-state index is 0.416. The average Bonchev–Trinajstić information content (AvgIpc) is 2.77. The first-order chi connectivity index (χ1) is 7.70. The SMILES string of the molecule is CC1CCC(N(C)c2nc(CCl)co2)CC1. The molecule has 0 bridgehead atoms. The quantitative estimate of drug-likeness (QED) is 0.761. The van der Waals surface area contributed by atoms with E-state index < -0.39 is 0 Å². The highest BCUT2D eigenvalue weighted by Crippen LogP contribution is 2.29. The van der Waals surface area contributed by atoms with E-state index in [0.29, 0.717) is 17.9 Å². The van der Waals surface area contributed by atoms with Crippen molar-refractivity contribution in [3.8, 4) is 0 Å². The summed E-state index contributed by atoms with van der Waals surface area (Å²) in [5.74, 6) is 1.28. The van der Waals surface area contributed by atoms with Crippen LogP contribution in [0.15, 0.2) is 10.7 Å². The van der Waals surface area contributed by atoms with Crippen LogP contribution in [0.1, 0.15) is 38.3 Å². The number of hydrogen-bond acceptors (Lipinski definition) is 3. The van der Waals surface area contributed by atoms with Crippen LogP contribution in [0.3, 0.4) is 0 Å². The number of nitrogens with zero attached hydrogens (tertiary/aromatic N) is 2. The van der Waals surface area contributed by atoms with Crippen molar-refractivity contribution >= 4 is 17.6 Å². The summed E-state index contributed by atoms with van der Waals surface area (Å²) in [6.45, 7) is 2.33. The third kappa shape index (κ3) is 2.51. The molecule has 0 N–H and O–H groups in total. The van der Waals surface area contributed by atoms with Gasteiger partial charge in [-0.1, -0.05) is 6.92 Å². The van der Waals surface area contributed by atoms with Gasteiger partial charge < -0.3 is 9.32 Å². The first-order valence-electron chi connectivity index (χ1n) is 5.94. The van der Waals surface area contributed by atoms with Crippen molar-refractivity contribution in [2.45, 2.75) is 44.5 Å². The Bertz CT molecular complexity index is 332. The predicted molar refractivity (Wildman–Crippen MR) is 65.9 cm³/mol. The minimum Gasteiger partial charge on any atom is -0.432 e. The molecule has 0 radical (unpaired) electrons. The maximum atomic E-state index is 5.71. The molecule has 1 aromatic heterocycles. The Kier molecular flexibility index (Phi) is 3.74. The van der Waals surface area contributed by atoms with Gasteiger partial charge in [0.2, 0.25) is 0 Å². The van der Waals surface area contributed by atoms with Crippen LogP contribution < -0.4 is 4.90 Å². The van der Waals surface area contributed by atoms with E-state index in [9.17, 15) is 0 Å². The normalized spacial score (nSPS) is 25.7. The Labute approximate surface area is 102 Å². The topological polar surface area (TPSA) is 29.3 Å². The number of alkyl halides is 1. The van der Waals surface area contributed by atoms with Crippen LogP contribution in [0.4, 0.5) is 6.01 Å². The average molecular weight is 243 g/mol. The summed E-state index contributed by atoms with van der Waals surface area (Å²) in [6, 6.07) is 1.27. The predicted octanol–water partition coefficient (Wildman–Crippen LogP) is 3.43. The Morgan fingerprint density at radius 1 is 1.44 bits per heavy atom. The zero-order valence-electron chi connectivity index (χ0n) is 9.95. The lowest BCUT2D eigenvalue weighted by Gasteiger charge is -2.32. The van der Waals surface area contributed by atoms with Crippen LogP contribution in [0.25, 0.3) is 0 Å². The van der Waals surface area contributed by atoms with Gasteiger partial charge in [0.1, 0.15) is 6.26 Å². The second-order valence-electron chi connectivity index (χ2n) is 4.78. The molecule has 0 amide bonds. The van der Waals surface area contributed by atoms with Crippen LogP contribution in [0.2, 0.25) is 0 Å². The fourth-order valence-electron chi connectivity index (χ4n) is 2.31. The zero-order chi connectivity index (χ0) is 11.5. The summed E-state index contributed by atoms with van der Waals surface area (Å²) in [6.07, 6.45) is 6.72. The van der Waals surface area contributed by atoms with E-state index in [2.05, 4.69) is 23.9 Å². The van der Waals surface area contributed by atoms with Crippen LogP contribution >= 0.6 is 11.6 Å². The molecule has 0 saturated heterocycles. The molecular formula is C12H19ClN2O. The molecule has 1 aromatic rings. The first-order valence-corrected chi connectivity index (χ1v) is 6.47. The van der Waals surface area contributed by atoms with E-state index in [1.54, 1.807) is 6.26 Å². The van der Waals surface area contributed by atoms with Crippen molar-refractivity contribution in [2.24, 2.45) is 5.92 Å². The first kappa shape index (κ1) is 11.8. The maximum Gasteiger partial charge on any atom is 0.297 e. The van der Waals surface area contributed by atoms with Gasteiger partial charge in [0.15, 0.2) is 0 Å². The molecule has 1 fully saturated rings. The number of aromatic nitrogens is 1. The van der Waals surface area contributed by atoms with Crippen LogP contribution in [0.5, 0.6) is 0 Å². The van der Waals surface area contributed by atoms with Gasteiger partial charge >= 0.3 is 0 Å². The van der Waals surface area contributed by atoms with Gasteiger partial charge in [0.05, 0.1) is 11.6 Å². The fraction of sp³-hybridized carbons (Fsp3) is 0.750. The second-order valence-corrected chi connectivity index (χ2v) is 5.05. The summed E-state index contributed by atoms with van der Waals surface area (Å²) < 4.78 is 5.43. The van der Waals surface area contributed by atoms with E-state index in [1.165, 1.54) is 25.7 Å². The molecule has 4 heteroatoms. The van der Waals surface area contributed by atoms with E-state index in [4.69, 9.17) is 16.0 Å². The van der Waals surface area contributed by atoms with E-state index in [1.807, 2.05) is 0 Å². The molecule has 0 aromatic carbocycles. The third-order valence-electron chi connectivity index (χ3n) is 3.51. The number of hydrogen-bond donors (Lipinski definition) is 0. The largest absolute Gasteiger partial charge is 0.432 e. The van der Waals surface area contributed by atoms with Crippen molar-refractivity contribution in [1.29, 1.82) is 0 Å². The lowest BCUT2D eigenvalue weighted by Crippen LogP contribution is -2.35. The molecule has 1 aliphatic rings. The van der Waals surface area contributed by atoms with Crippen molar-refractivity contribution in [3.05, 3.63) is 12.0 Å². The molecule has 1 aliphatic carbocycles. The lowest BCUT2D eigenvalue weighted by atomic mass is 9.87. The standard InChI is InChI=1S/C12H19ClN2O/c1-9-3-5-11(6-4-9)15(2)12-14-10(7-13)8-16-12/h8-9,11H,3-7H2,1-2H3. The molecule has 0 spiro atoms. The maximum absolute atomic E-state index is 5.71. The Hall–Kier alpha value is -0.700. The number of halogens is 1. The number of rotatable bonds is 3. The van der Waals surface area contributed by atoms with Crippen molar-refractivity contribution < 1.29 is 4.42 Å². The van der Waals surface area contributed by atoms with Gasteiger partial charge in [-0.05, 0) is 31.6 Å². The van der Waals surface area contributed by atoms with Gasteiger partial charge in [-0.2, -0.15) is 4.98 Å². The zero-order valence-corrected chi connectivity index (χ0v) is 10.7. The van der Waals surface area contributed by atoms with E-state index in [-0.39, 0.29) is 0 Å². The lowest BCUT2D eigenvalue weighted by molar-refractivity contribution is 0.332. The molecule has 1 heterocycles. The van der Waals surface area contributed by atoms with Crippen LogP contribution in [0, 0.1) is 5.92 Å². The smallest absolute Gasteiger partial charge is 0.297 e. The Morgan fingerprint density at radius 3 is 2.69 bits per heavy atom. The van der Waals surface area contributed by atoms with Gasteiger partial charge in [-0.25, -0.2) is 0 Å². The molecule has 1 saturated carbocycles. The highest BCUT2D eigenvalue weighted by Gasteiger charge is 2.24. The summed E-state index contributed by atoms with van der Waals surface area (Å²) in [5.41, 5.74) is 0.813. The Balaban J connectivity index is 1.98. The van der Waals surface area contributed by atoms with Crippen LogP contribution in [-0.2, 0) is 5.88 Å². The van der Waals surface area contributed by atoms with Crippen molar-refractivity contribution in [3.63, 3.8) is 0 Å². The van der Waals surface area contributed by atoms with Gasteiger partial charge in [0.25, 0.3) is 6.01 Å². The monoisotopic (exact) mass is 242 g/mol. The third-order valence-corrected chi connectivity index (χ3v) is 3.79. The molecule has 2 rings (SSSR count). The highest BCUT2D eigenvalue weighted by atomic mass is 35.5. The van der Waals surface area contributed by atoms with Crippen LogP contribution in [-0.4, -0.2) is 18.1 Å². The Morgan fingerprint density at radius 2 is 2.12 bits per heavy atom. The van der Waals surface area contributed by atoms with E-state index >= 15 is 0 Å². The molecule has 16 heavy (non-hydrogen) atoms. The number of anilines is 1. The van der Waals surface area contributed by atoms with Gasteiger partial charge in [-0.3, -0.25) is 0 Å². The minimum absolute atomic E-state index is 0.416. The molecular weight excluding hydrogens is 224 g/mol. The summed E-state index contributed by atoms with van der Waals surface area (Å²) >= 11 is 5.71. The van der Waals surface area contributed by atoms with Crippen molar-refractivity contribution in [2.75, 3.05) is 11.9 Å². The van der Waals surface area contributed by atoms with Gasteiger partial charge in [0, 0.05) is 13.1 Å². The van der Waals surface area contributed by atoms with Crippen molar-refractivity contribution in [1.82, 2.24) is 4.98 Å². The van der Waals surface area contributed by atoms with Gasteiger partial charge in [-0.15, -0.1) is 11.6 Å². The molecule has 90 valence electrons. The summed E-state index contributed by atoms with van der Waals surface area (Å²) in [5, 5.41) is 0. The second kappa shape index (κ2) is 5.09. The molecule has 0 unspecified atom stereocenters. The number of oxazole rings is 1. The van der Waals surface area contributed by atoms with E-state index in [0.717, 1.165) is 11.6 Å². The summed E-state index contributed by atoms with van der Waals surface area (Å²) in [7, 11) is 2.06. The summed E-state index contributed by atoms with van der Waals surface area (Å²) in [4.78, 5) is 6.50. The molecule has 0 aliphatic heterocycles. The molecule has 0 atom stereocenters.